The minimum atomic E-state index is -2.82. The monoisotopic (exact) mass is 365 g/mol. The fourth-order valence-electron chi connectivity index (χ4n) is 2.77. The fraction of sp³-hybridized carbons (Fsp3) is 0.400. The van der Waals surface area contributed by atoms with E-state index in [0.29, 0.717) is 13.1 Å². The number of hydrogen-bond donors (Lipinski definition) is 1. The lowest BCUT2D eigenvalue weighted by Gasteiger charge is -2.21. The van der Waals surface area contributed by atoms with Crippen molar-refractivity contribution >= 4 is 0 Å². The molecule has 142 valence electrons. The lowest BCUT2D eigenvalue weighted by molar-refractivity contribution is -0.0498. The Kier molecular flexibility index (Phi) is 7.36. The number of aryl methyl sites for hydroxylation is 2. The van der Waals surface area contributed by atoms with Crippen molar-refractivity contribution in [1.29, 1.82) is 0 Å². The van der Waals surface area contributed by atoms with Gasteiger partial charge >= 0.3 is 6.61 Å². The first kappa shape index (κ1) is 20.1. The third-order valence-corrected chi connectivity index (χ3v) is 3.76. The lowest BCUT2D eigenvalue weighted by Crippen LogP contribution is -2.32. The van der Waals surface area contributed by atoms with Crippen LogP contribution < -0.4 is 9.47 Å². The van der Waals surface area contributed by atoms with Crippen LogP contribution in [0.25, 0.3) is 0 Å². The number of ether oxygens (including phenoxy) is 2. The molecule has 0 bridgehead atoms. The Hall–Kier alpha value is -2.18. The molecule has 2 rings (SSSR count). The average molecular weight is 365 g/mol. The molecule has 2 aromatic carbocycles. The summed E-state index contributed by atoms with van der Waals surface area (Å²) in [6.07, 6.45) is -0.637. The van der Waals surface area contributed by atoms with Gasteiger partial charge in [-0.1, -0.05) is 18.2 Å². The van der Waals surface area contributed by atoms with Crippen LogP contribution in [0.15, 0.2) is 42.5 Å². The number of aliphatic hydroxyl groups excluding tert-OH is 1. The summed E-state index contributed by atoms with van der Waals surface area (Å²) in [4.78, 5) is 1.94. The number of rotatable bonds is 9. The molecular weight excluding hydrogens is 340 g/mol. The van der Waals surface area contributed by atoms with Gasteiger partial charge in [0.2, 0.25) is 0 Å². The highest BCUT2D eigenvalue weighted by Crippen LogP contribution is 2.17. The number of hydrogen-bond acceptors (Lipinski definition) is 4. The summed E-state index contributed by atoms with van der Waals surface area (Å²) in [6.45, 7) is 2.39. The van der Waals surface area contributed by atoms with Gasteiger partial charge in [0.1, 0.15) is 24.2 Å². The van der Waals surface area contributed by atoms with E-state index in [9.17, 15) is 13.9 Å². The van der Waals surface area contributed by atoms with Gasteiger partial charge in [0.15, 0.2) is 0 Å². The van der Waals surface area contributed by atoms with E-state index in [4.69, 9.17) is 4.74 Å². The van der Waals surface area contributed by atoms with Gasteiger partial charge in [0, 0.05) is 13.1 Å². The van der Waals surface area contributed by atoms with Crippen molar-refractivity contribution in [3.63, 3.8) is 0 Å². The van der Waals surface area contributed by atoms with Crippen LogP contribution in [0.1, 0.15) is 16.7 Å². The Morgan fingerprint density at radius 1 is 1.00 bits per heavy atom. The van der Waals surface area contributed by atoms with E-state index in [1.54, 1.807) is 12.1 Å². The van der Waals surface area contributed by atoms with Crippen molar-refractivity contribution in [3.05, 3.63) is 59.2 Å². The zero-order chi connectivity index (χ0) is 19.1. The summed E-state index contributed by atoms with van der Waals surface area (Å²) < 4.78 is 34.3. The molecule has 4 nitrogen and oxygen atoms in total. The van der Waals surface area contributed by atoms with Crippen LogP contribution in [0.5, 0.6) is 11.5 Å². The molecule has 2 aromatic rings. The first-order valence-corrected chi connectivity index (χ1v) is 8.43. The van der Waals surface area contributed by atoms with Gasteiger partial charge < -0.3 is 14.6 Å². The van der Waals surface area contributed by atoms with Crippen molar-refractivity contribution < 1.29 is 23.4 Å². The van der Waals surface area contributed by atoms with Crippen molar-refractivity contribution in [2.45, 2.75) is 33.1 Å². The van der Waals surface area contributed by atoms with Crippen molar-refractivity contribution in [2.24, 2.45) is 0 Å². The number of nitrogens with zero attached hydrogens (tertiary/aromatic N) is 1. The van der Waals surface area contributed by atoms with E-state index in [1.807, 2.05) is 37.9 Å². The number of alkyl halides is 2. The number of aliphatic hydroxyl groups is 1. The standard InChI is InChI=1S/C20H25F2NO3/c1-14-8-15(2)10-19(9-14)25-13-17(24)12-23(3)11-16-4-6-18(7-5-16)26-20(21)22/h4-10,17,20,24H,11-13H2,1-3H3. The maximum Gasteiger partial charge on any atom is 0.387 e. The first-order chi connectivity index (χ1) is 12.3. The normalized spacial score (nSPS) is 12.5. The molecular formula is C20H25F2NO3. The highest BCUT2D eigenvalue weighted by atomic mass is 19.3. The molecule has 0 aliphatic rings. The SMILES string of the molecule is Cc1cc(C)cc(OCC(O)CN(C)Cc2ccc(OC(F)F)cc2)c1. The maximum absolute atomic E-state index is 12.1. The summed E-state index contributed by atoms with van der Waals surface area (Å²) in [5.41, 5.74) is 3.17. The molecule has 0 fully saturated rings. The molecule has 0 amide bonds. The predicted molar refractivity (Wildman–Crippen MR) is 96.8 cm³/mol. The van der Waals surface area contributed by atoms with Crippen LogP contribution in [0.2, 0.25) is 0 Å². The van der Waals surface area contributed by atoms with Crippen molar-refractivity contribution in [3.8, 4) is 11.5 Å². The van der Waals surface area contributed by atoms with Crippen molar-refractivity contribution in [1.82, 2.24) is 4.90 Å². The Labute approximate surface area is 153 Å². The van der Waals surface area contributed by atoms with E-state index < -0.39 is 12.7 Å². The molecule has 0 heterocycles. The molecule has 0 spiro atoms. The second-order valence-electron chi connectivity index (χ2n) is 6.51. The zero-order valence-electron chi connectivity index (χ0n) is 15.3. The summed E-state index contributed by atoms with van der Waals surface area (Å²) in [5, 5.41) is 10.2. The van der Waals surface area contributed by atoms with E-state index in [0.717, 1.165) is 22.4 Å². The van der Waals surface area contributed by atoms with Gasteiger partial charge in [-0.05, 0) is 61.9 Å². The first-order valence-electron chi connectivity index (χ1n) is 8.43. The molecule has 0 saturated heterocycles. The quantitative estimate of drug-likeness (QED) is 0.734. The zero-order valence-corrected chi connectivity index (χ0v) is 15.3. The molecule has 0 aliphatic heterocycles. The molecule has 1 unspecified atom stereocenters. The van der Waals surface area contributed by atoms with E-state index in [1.165, 1.54) is 12.1 Å². The highest BCUT2D eigenvalue weighted by Gasteiger charge is 2.11. The lowest BCUT2D eigenvalue weighted by atomic mass is 10.1. The Morgan fingerprint density at radius 2 is 1.62 bits per heavy atom. The van der Waals surface area contributed by atoms with Gasteiger partial charge in [-0.15, -0.1) is 0 Å². The second kappa shape index (κ2) is 9.50. The van der Waals surface area contributed by atoms with Crippen LogP contribution in [0.3, 0.4) is 0 Å². The van der Waals surface area contributed by atoms with Crippen LogP contribution in [0.4, 0.5) is 8.78 Å². The smallest absolute Gasteiger partial charge is 0.387 e. The van der Waals surface area contributed by atoms with E-state index in [2.05, 4.69) is 10.8 Å². The Morgan fingerprint density at radius 3 is 2.19 bits per heavy atom. The number of benzene rings is 2. The van der Waals surface area contributed by atoms with Crippen LogP contribution >= 0.6 is 0 Å². The summed E-state index contributed by atoms with van der Waals surface area (Å²) >= 11 is 0. The fourth-order valence-corrected chi connectivity index (χ4v) is 2.77. The third-order valence-electron chi connectivity index (χ3n) is 3.76. The molecule has 0 aromatic heterocycles. The minimum Gasteiger partial charge on any atom is -0.491 e. The average Bonchev–Trinajstić information content (AvgIpc) is 2.53. The highest BCUT2D eigenvalue weighted by molar-refractivity contribution is 5.33. The van der Waals surface area contributed by atoms with Crippen LogP contribution in [0, 0.1) is 13.8 Å². The van der Waals surface area contributed by atoms with Crippen molar-refractivity contribution in [2.75, 3.05) is 20.2 Å². The van der Waals surface area contributed by atoms with Gasteiger partial charge in [-0.3, -0.25) is 4.90 Å². The predicted octanol–water partition coefficient (Wildman–Crippen LogP) is 3.78. The molecule has 0 saturated carbocycles. The minimum absolute atomic E-state index is 0.133. The van der Waals surface area contributed by atoms with Gasteiger partial charge in [-0.2, -0.15) is 8.78 Å². The van der Waals surface area contributed by atoms with Crippen LogP contribution in [-0.2, 0) is 6.54 Å². The van der Waals surface area contributed by atoms with Gasteiger partial charge in [-0.25, -0.2) is 0 Å². The number of likely N-dealkylation sites (N-methyl/N-ethyl adjacent to an activating group) is 1. The summed E-state index contributed by atoms with van der Waals surface area (Å²) in [7, 11) is 1.88. The van der Waals surface area contributed by atoms with Gasteiger partial charge in [0.25, 0.3) is 0 Å². The molecule has 1 N–H and O–H groups in total. The Balaban J connectivity index is 1.78. The van der Waals surface area contributed by atoms with Crippen LogP contribution in [-0.4, -0.2) is 42.9 Å². The molecule has 0 aliphatic carbocycles. The Bertz CT molecular complexity index is 672. The second-order valence-corrected chi connectivity index (χ2v) is 6.51. The molecule has 26 heavy (non-hydrogen) atoms. The van der Waals surface area contributed by atoms with E-state index in [-0.39, 0.29) is 12.4 Å². The largest absolute Gasteiger partial charge is 0.491 e. The topological polar surface area (TPSA) is 41.9 Å². The summed E-state index contributed by atoms with van der Waals surface area (Å²) in [6, 6.07) is 12.4. The number of halogens is 2. The van der Waals surface area contributed by atoms with Gasteiger partial charge in [0.05, 0.1) is 0 Å². The summed E-state index contributed by atoms with van der Waals surface area (Å²) in [5.74, 6) is 0.882. The molecule has 0 radical (unpaired) electrons. The third kappa shape index (κ3) is 6.98. The van der Waals surface area contributed by atoms with E-state index >= 15 is 0 Å². The molecule has 6 heteroatoms. The maximum atomic E-state index is 12.1. The molecule has 1 atom stereocenters.